The van der Waals surface area contributed by atoms with E-state index in [1.54, 1.807) is 6.07 Å². The normalized spacial score (nSPS) is 14.5. The van der Waals surface area contributed by atoms with Gasteiger partial charge in [-0.25, -0.2) is 0 Å². The van der Waals surface area contributed by atoms with Gasteiger partial charge in [0.05, 0.1) is 6.10 Å². The fourth-order valence-corrected chi connectivity index (χ4v) is 4.12. The molecule has 2 aromatic rings. The molecule has 0 aliphatic carbocycles. The fraction of sp³-hybridized carbons (Fsp3) is 0.417. The zero-order valence-corrected chi connectivity index (χ0v) is 18.2. The molecule has 0 saturated heterocycles. The van der Waals surface area contributed by atoms with Crippen molar-refractivity contribution in [2.45, 2.75) is 64.6 Å². The van der Waals surface area contributed by atoms with Crippen LogP contribution < -0.4 is 0 Å². The summed E-state index contributed by atoms with van der Waals surface area (Å²) >= 11 is 12.6. The second-order valence-electron chi connectivity index (χ2n) is 7.13. The Labute approximate surface area is 178 Å². The molecule has 0 heterocycles. The topological polar surface area (TPSA) is 40.5 Å². The first kappa shape index (κ1) is 23.0. The van der Waals surface area contributed by atoms with Gasteiger partial charge in [-0.3, -0.25) is 0 Å². The molecule has 0 radical (unpaired) electrons. The van der Waals surface area contributed by atoms with Gasteiger partial charge in [0.1, 0.15) is 6.10 Å². The fourth-order valence-electron chi connectivity index (χ4n) is 3.62. The molecule has 2 atom stereocenters. The Morgan fingerprint density at radius 1 is 0.786 bits per heavy atom. The van der Waals surface area contributed by atoms with Crippen molar-refractivity contribution in [3.8, 4) is 0 Å². The maximum Gasteiger partial charge on any atom is 0.102 e. The van der Waals surface area contributed by atoms with Crippen LogP contribution in [-0.4, -0.2) is 10.2 Å². The molecule has 0 fully saturated rings. The summed E-state index contributed by atoms with van der Waals surface area (Å²) in [6, 6.07) is 14.9. The molecule has 0 aliphatic heterocycles. The summed E-state index contributed by atoms with van der Waals surface area (Å²) in [5.74, 6) is 0. The zero-order valence-electron chi connectivity index (χ0n) is 16.7. The molecule has 0 aliphatic rings. The van der Waals surface area contributed by atoms with Crippen LogP contribution in [0, 0.1) is 0 Å². The third-order valence-corrected chi connectivity index (χ3v) is 5.73. The van der Waals surface area contributed by atoms with Gasteiger partial charge in [-0.1, -0.05) is 91.9 Å². The van der Waals surface area contributed by atoms with E-state index in [2.05, 4.69) is 13.8 Å². The van der Waals surface area contributed by atoms with Crippen LogP contribution in [0.15, 0.2) is 59.7 Å². The molecule has 0 saturated carbocycles. The molecule has 0 bridgehead atoms. The number of allylic oxidation sites excluding steroid dienone is 1. The van der Waals surface area contributed by atoms with Crippen molar-refractivity contribution >= 4 is 23.2 Å². The van der Waals surface area contributed by atoms with Crippen molar-refractivity contribution in [1.82, 2.24) is 0 Å². The standard InChI is InChI=1S/C24H30Cl2O2/c1-3-9-17(15-16-23(27)19-11-5-7-13-21(19)25)18(10-4-2)24(28)20-12-6-8-14-22(20)26/h5-8,11-14,23-24,27-28H,3-4,9-10,15-16H2,1-2H3/b18-17-. The highest BCUT2D eigenvalue weighted by Crippen LogP contribution is 2.36. The van der Waals surface area contributed by atoms with Crippen LogP contribution in [0.4, 0.5) is 0 Å². The molecule has 2 rings (SSSR count). The van der Waals surface area contributed by atoms with Crippen LogP contribution in [0.3, 0.4) is 0 Å². The molecular weight excluding hydrogens is 391 g/mol. The van der Waals surface area contributed by atoms with E-state index in [9.17, 15) is 10.2 Å². The Morgan fingerprint density at radius 3 is 1.86 bits per heavy atom. The highest BCUT2D eigenvalue weighted by Gasteiger charge is 2.20. The van der Waals surface area contributed by atoms with Crippen molar-refractivity contribution in [2.75, 3.05) is 0 Å². The molecule has 0 aromatic heterocycles. The average molecular weight is 421 g/mol. The number of hydrogen-bond donors (Lipinski definition) is 2. The van der Waals surface area contributed by atoms with E-state index in [0.717, 1.165) is 48.8 Å². The van der Waals surface area contributed by atoms with Gasteiger partial charge in [0.25, 0.3) is 0 Å². The highest BCUT2D eigenvalue weighted by molar-refractivity contribution is 6.31. The maximum absolute atomic E-state index is 11.1. The average Bonchev–Trinajstić information content (AvgIpc) is 2.69. The summed E-state index contributed by atoms with van der Waals surface area (Å²) in [5.41, 5.74) is 3.74. The molecule has 2 unspecified atom stereocenters. The number of aliphatic hydroxyl groups excluding tert-OH is 2. The Morgan fingerprint density at radius 2 is 1.32 bits per heavy atom. The summed E-state index contributed by atoms with van der Waals surface area (Å²) < 4.78 is 0. The van der Waals surface area contributed by atoms with Crippen molar-refractivity contribution in [2.24, 2.45) is 0 Å². The monoisotopic (exact) mass is 420 g/mol. The lowest BCUT2D eigenvalue weighted by Gasteiger charge is -2.22. The van der Waals surface area contributed by atoms with Gasteiger partial charge in [-0.15, -0.1) is 0 Å². The second-order valence-corrected chi connectivity index (χ2v) is 7.94. The Kier molecular flexibility index (Phi) is 9.53. The van der Waals surface area contributed by atoms with E-state index < -0.39 is 12.2 Å². The second kappa shape index (κ2) is 11.6. The van der Waals surface area contributed by atoms with Gasteiger partial charge >= 0.3 is 0 Å². The van der Waals surface area contributed by atoms with Gasteiger partial charge in [-0.2, -0.15) is 0 Å². The lowest BCUT2D eigenvalue weighted by atomic mass is 9.88. The number of benzene rings is 2. The predicted molar refractivity (Wildman–Crippen MR) is 119 cm³/mol. The van der Waals surface area contributed by atoms with Crippen molar-refractivity contribution in [1.29, 1.82) is 0 Å². The van der Waals surface area contributed by atoms with Crippen LogP contribution in [0.1, 0.15) is 75.7 Å². The lowest BCUT2D eigenvalue weighted by molar-refractivity contribution is 0.166. The first-order valence-corrected chi connectivity index (χ1v) is 10.8. The van der Waals surface area contributed by atoms with Crippen LogP contribution in [0.25, 0.3) is 0 Å². The van der Waals surface area contributed by atoms with Gasteiger partial charge in [0.2, 0.25) is 0 Å². The highest BCUT2D eigenvalue weighted by atomic mass is 35.5. The van der Waals surface area contributed by atoms with E-state index in [-0.39, 0.29) is 0 Å². The van der Waals surface area contributed by atoms with Crippen molar-refractivity contribution in [3.63, 3.8) is 0 Å². The Balaban J connectivity index is 2.28. The number of rotatable bonds is 10. The predicted octanol–water partition coefficient (Wildman–Crippen LogP) is 7.44. The first-order chi connectivity index (χ1) is 13.5. The molecule has 2 nitrogen and oxygen atoms in total. The minimum Gasteiger partial charge on any atom is -0.388 e. The van der Waals surface area contributed by atoms with Crippen LogP contribution >= 0.6 is 23.2 Å². The largest absolute Gasteiger partial charge is 0.388 e. The summed E-state index contributed by atoms with van der Waals surface area (Å²) in [6.07, 6.45) is 3.58. The molecule has 2 aromatic carbocycles. The third kappa shape index (κ3) is 6.09. The smallest absolute Gasteiger partial charge is 0.102 e. The van der Waals surface area contributed by atoms with Gasteiger partial charge in [0.15, 0.2) is 0 Å². The van der Waals surface area contributed by atoms with E-state index in [4.69, 9.17) is 23.2 Å². The Bertz CT molecular complexity index is 786. The minimum atomic E-state index is -0.715. The van der Waals surface area contributed by atoms with E-state index in [0.29, 0.717) is 16.5 Å². The number of hydrogen-bond acceptors (Lipinski definition) is 2. The minimum absolute atomic E-state index is 0.571. The van der Waals surface area contributed by atoms with Crippen molar-refractivity contribution in [3.05, 3.63) is 80.8 Å². The number of aliphatic hydroxyl groups is 2. The Hall–Kier alpha value is -1.32. The van der Waals surface area contributed by atoms with Gasteiger partial charge < -0.3 is 10.2 Å². The van der Waals surface area contributed by atoms with E-state index in [1.807, 2.05) is 42.5 Å². The molecular formula is C24H30Cl2O2. The molecule has 2 N–H and O–H groups in total. The van der Waals surface area contributed by atoms with Crippen LogP contribution in [-0.2, 0) is 0 Å². The summed E-state index contributed by atoms with van der Waals surface area (Å²) in [5, 5.41) is 22.9. The lowest BCUT2D eigenvalue weighted by Crippen LogP contribution is -2.08. The van der Waals surface area contributed by atoms with E-state index >= 15 is 0 Å². The van der Waals surface area contributed by atoms with Crippen molar-refractivity contribution < 1.29 is 10.2 Å². The quantitative estimate of drug-likeness (QED) is 0.392. The van der Waals surface area contributed by atoms with Crippen LogP contribution in [0.5, 0.6) is 0 Å². The van der Waals surface area contributed by atoms with E-state index in [1.165, 1.54) is 5.57 Å². The maximum atomic E-state index is 11.1. The molecule has 28 heavy (non-hydrogen) atoms. The molecule has 4 heteroatoms. The van der Waals surface area contributed by atoms with Gasteiger partial charge in [0, 0.05) is 15.6 Å². The summed E-state index contributed by atoms with van der Waals surface area (Å²) in [4.78, 5) is 0. The number of halogens is 2. The summed E-state index contributed by atoms with van der Waals surface area (Å²) in [6.45, 7) is 4.25. The molecule has 0 amide bonds. The summed E-state index contributed by atoms with van der Waals surface area (Å²) in [7, 11) is 0. The molecule has 0 spiro atoms. The SMILES string of the molecule is CCC/C(CCC(O)c1ccccc1Cl)=C(\CCC)C(O)c1ccccc1Cl. The third-order valence-electron chi connectivity index (χ3n) is 5.04. The first-order valence-electron chi connectivity index (χ1n) is 10.0. The van der Waals surface area contributed by atoms with Crippen LogP contribution in [0.2, 0.25) is 10.0 Å². The zero-order chi connectivity index (χ0) is 20.5. The molecule has 152 valence electrons. The van der Waals surface area contributed by atoms with Gasteiger partial charge in [-0.05, 0) is 49.0 Å².